The van der Waals surface area contributed by atoms with E-state index in [9.17, 15) is 9.59 Å². The summed E-state index contributed by atoms with van der Waals surface area (Å²) in [4.78, 5) is 25.2. The molecule has 1 N–H and O–H groups in total. The van der Waals surface area contributed by atoms with E-state index in [2.05, 4.69) is 5.32 Å². The van der Waals surface area contributed by atoms with Crippen LogP contribution in [0.1, 0.15) is 31.8 Å². The molecule has 0 aromatic heterocycles. The molecule has 0 saturated carbocycles. The summed E-state index contributed by atoms with van der Waals surface area (Å²) >= 11 is 0. The number of anilines is 1. The molecule has 1 aliphatic heterocycles. The van der Waals surface area contributed by atoms with Crippen molar-refractivity contribution in [2.24, 2.45) is 0 Å². The first-order valence-electron chi connectivity index (χ1n) is 9.13. The summed E-state index contributed by atoms with van der Waals surface area (Å²) in [6, 6.07) is 19.4. The third-order valence-electron chi connectivity index (χ3n) is 4.48. The smallest absolute Gasteiger partial charge is 0.340 e. The van der Waals surface area contributed by atoms with Crippen LogP contribution in [0.5, 0.6) is 11.5 Å². The van der Waals surface area contributed by atoms with Gasteiger partial charge in [-0.3, -0.25) is 4.79 Å². The molecule has 29 heavy (non-hydrogen) atoms. The van der Waals surface area contributed by atoms with E-state index in [0.717, 1.165) is 11.1 Å². The molecule has 0 spiro atoms. The van der Waals surface area contributed by atoms with Gasteiger partial charge in [0.1, 0.15) is 6.61 Å². The third-order valence-corrected chi connectivity index (χ3v) is 4.48. The van der Waals surface area contributed by atoms with Crippen molar-refractivity contribution in [1.29, 1.82) is 0 Å². The van der Waals surface area contributed by atoms with Crippen molar-refractivity contribution in [2.75, 3.05) is 12.1 Å². The van der Waals surface area contributed by atoms with E-state index in [1.165, 1.54) is 0 Å². The number of benzene rings is 3. The second kappa shape index (κ2) is 8.06. The van der Waals surface area contributed by atoms with Crippen molar-refractivity contribution in [3.8, 4) is 11.5 Å². The minimum Gasteiger partial charge on any atom is -0.457 e. The Morgan fingerprint density at radius 1 is 0.966 bits per heavy atom. The predicted molar refractivity (Wildman–Crippen MR) is 107 cm³/mol. The number of nitrogens with one attached hydrogen (secondary N) is 1. The van der Waals surface area contributed by atoms with Crippen LogP contribution in [0.2, 0.25) is 0 Å². The second-order valence-corrected chi connectivity index (χ2v) is 6.63. The Morgan fingerprint density at radius 3 is 2.66 bits per heavy atom. The highest BCUT2D eigenvalue weighted by molar-refractivity contribution is 6.08. The fraction of sp³-hybridized carbons (Fsp3) is 0.130. The van der Waals surface area contributed by atoms with Gasteiger partial charge in [-0.15, -0.1) is 0 Å². The van der Waals surface area contributed by atoms with Crippen LogP contribution in [0.4, 0.5) is 5.69 Å². The molecule has 0 aliphatic carbocycles. The molecule has 3 aromatic rings. The summed E-state index contributed by atoms with van der Waals surface area (Å²) in [5.74, 6) is 0.487. The number of esters is 1. The zero-order chi connectivity index (χ0) is 20.2. The molecule has 3 aromatic carbocycles. The fourth-order valence-corrected chi connectivity index (χ4v) is 3.01. The molecule has 6 nitrogen and oxygen atoms in total. The lowest BCUT2D eigenvalue weighted by Crippen LogP contribution is -2.16. The van der Waals surface area contributed by atoms with Crippen LogP contribution in [0.3, 0.4) is 0 Å². The number of hydrogen-bond donors (Lipinski definition) is 1. The Hall–Kier alpha value is -3.80. The van der Waals surface area contributed by atoms with Crippen LogP contribution >= 0.6 is 0 Å². The summed E-state index contributed by atoms with van der Waals surface area (Å²) in [5, 5.41) is 2.79. The summed E-state index contributed by atoms with van der Waals surface area (Å²) < 4.78 is 16.0. The first kappa shape index (κ1) is 18.6. The normalized spacial score (nSPS) is 11.8. The molecule has 146 valence electrons. The van der Waals surface area contributed by atoms with Gasteiger partial charge in [0.25, 0.3) is 5.91 Å². The van der Waals surface area contributed by atoms with E-state index >= 15 is 0 Å². The van der Waals surface area contributed by atoms with Crippen LogP contribution in [0.15, 0.2) is 66.7 Å². The monoisotopic (exact) mass is 389 g/mol. The van der Waals surface area contributed by atoms with Crippen molar-refractivity contribution < 1.29 is 23.8 Å². The standard InChI is InChI=1S/C23H19NO5/c1-15-5-4-6-17(11-15)22(25)24-19-8-3-2-7-18(19)23(26)27-13-16-9-10-20-21(12-16)29-14-28-20/h2-12H,13-14H2,1H3,(H,24,25). The fourth-order valence-electron chi connectivity index (χ4n) is 3.01. The molecular formula is C23H19NO5. The van der Waals surface area contributed by atoms with E-state index in [4.69, 9.17) is 14.2 Å². The molecule has 4 rings (SSSR count). The van der Waals surface area contributed by atoms with E-state index in [1.807, 2.05) is 25.1 Å². The average Bonchev–Trinajstić information content (AvgIpc) is 3.20. The van der Waals surface area contributed by atoms with Crippen LogP contribution in [0.25, 0.3) is 0 Å². The van der Waals surface area contributed by atoms with Gasteiger partial charge in [-0.2, -0.15) is 0 Å². The first-order valence-corrected chi connectivity index (χ1v) is 9.13. The van der Waals surface area contributed by atoms with E-state index in [1.54, 1.807) is 48.5 Å². The Kier molecular flexibility index (Phi) is 5.16. The van der Waals surface area contributed by atoms with Gasteiger partial charge >= 0.3 is 5.97 Å². The van der Waals surface area contributed by atoms with Gasteiger partial charge < -0.3 is 19.5 Å². The number of hydrogen-bond acceptors (Lipinski definition) is 5. The minimum atomic E-state index is -0.525. The molecular weight excluding hydrogens is 370 g/mol. The molecule has 0 fully saturated rings. The predicted octanol–water partition coefficient (Wildman–Crippen LogP) is 4.33. The van der Waals surface area contributed by atoms with E-state index < -0.39 is 5.97 Å². The maximum atomic E-state index is 12.6. The zero-order valence-electron chi connectivity index (χ0n) is 15.8. The zero-order valence-corrected chi connectivity index (χ0v) is 15.8. The summed E-state index contributed by atoms with van der Waals surface area (Å²) in [6.07, 6.45) is 0. The Balaban J connectivity index is 1.46. The molecule has 0 atom stereocenters. The van der Waals surface area contributed by atoms with Crippen LogP contribution in [-0.2, 0) is 11.3 Å². The SMILES string of the molecule is Cc1cccc(C(=O)Nc2ccccc2C(=O)OCc2ccc3c(c2)OCO3)c1. The van der Waals surface area contributed by atoms with E-state index in [0.29, 0.717) is 22.7 Å². The van der Waals surface area contributed by atoms with Crippen molar-refractivity contribution in [3.63, 3.8) is 0 Å². The molecule has 1 aliphatic rings. The van der Waals surface area contributed by atoms with Gasteiger partial charge in [0, 0.05) is 5.56 Å². The minimum absolute atomic E-state index is 0.0790. The maximum Gasteiger partial charge on any atom is 0.340 e. The van der Waals surface area contributed by atoms with Gasteiger partial charge in [-0.25, -0.2) is 4.79 Å². The first-order chi connectivity index (χ1) is 14.1. The lowest BCUT2D eigenvalue weighted by Gasteiger charge is -2.11. The van der Waals surface area contributed by atoms with Crippen LogP contribution < -0.4 is 14.8 Å². The number of rotatable bonds is 5. The molecule has 0 bridgehead atoms. The molecule has 0 saturated heterocycles. The number of carbonyl (C=O) groups is 2. The van der Waals surface area contributed by atoms with Gasteiger partial charge in [0.05, 0.1) is 11.3 Å². The van der Waals surface area contributed by atoms with E-state index in [-0.39, 0.29) is 24.9 Å². The largest absolute Gasteiger partial charge is 0.457 e. The highest BCUT2D eigenvalue weighted by Gasteiger charge is 2.17. The van der Waals surface area contributed by atoms with Crippen molar-refractivity contribution in [3.05, 3.63) is 89.0 Å². The lowest BCUT2D eigenvalue weighted by atomic mass is 10.1. The van der Waals surface area contributed by atoms with Gasteiger partial charge in [0.2, 0.25) is 6.79 Å². The van der Waals surface area contributed by atoms with Gasteiger partial charge in [-0.1, -0.05) is 35.9 Å². The number of amides is 1. The molecule has 0 unspecified atom stereocenters. The van der Waals surface area contributed by atoms with Crippen LogP contribution in [0, 0.1) is 6.92 Å². The Labute approximate surface area is 168 Å². The number of aryl methyl sites for hydroxylation is 1. The van der Waals surface area contributed by atoms with Gasteiger partial charge in [-0.05, 0) is 48.9 Å². The Morgan fingerprint density at radius 2 is 1.79 bits per heavy atom. The summed E-state index contributed by atoms with van der Waals surface area (Å²) in [7, 11) is 0. The number of carbonyl (C=O) groups excluding carboxylic acids is 2. The third kappa shape index (κ3) is 4.21. The topological polar surface area (TPSA) is 73.9 Å². The van der Waals surface area contributed by atoms with Crippen molar-refractivity contribution in [2.45, 2.75) is 13.5 Å². The second-order valence-electron chi connectivity index (χ2n) is 6.63. The number of para-hydroxylation sites is 1. The quantitative estimate of drug-likeness (QED) is 0.658. The van der Waals surface area contributed by atoms with Crippen molar-refractivity contribution in [1.82, 2.24) is 0 Å². The maximum absolute atomic E-state index is 12.6. The highest BCUT2D eigenvalue weighted by atomic mass is 16.7. The molecule has 6 heteroatoms. The molecule has 0 radical (unpaired) electrons. The lowest BCUT2D eigenvalue weighted by molar-refractivity contribution is 0.0473. The Bertz CT molecular complexity index is 1080. The molecule has 1 heterocycles. The summed E-state index contributed by atoms with van der Waals surface area (Å²) in [5.41, 5.74) is 2.97. The summed E-state index contributed by atoms with van der Waals surface area (Å²) in [6.45, 7) is 2.18. The van der Waals surface area contributed by atoms with Crippen molar-refractivity contribution >= 4 is 17.6 Å². The van der Waals surface area contributed by atoms with Gasteiger partial charge in [0.15, 0.2) is 11.5 Å². The average molecular weight is 389 g/mol. The highest BCUT2D eigenvalue weighted by Crippen LogP contribution is 2.32. The molecule has 1 amide bonds. The van der Waals surface area contributed by atoms with Crippen LogP contribution in [-0.4, -0.2) is 18.7 Å². The number of fused-ring (bicyclic) bond motifs is 1. The number of ether oxygens (including phenoxy) is 3.